The third-order valence-corrected chi connectivity index (χ3v) is 3.29. The highest BCUT2D eigenvalue weighted by molar-refractivity contribution is 5.81. The Morgan fingerprint density at radius 1 is 1.11 bits per heavy atom. The molecule has 0 unspecified atom stereocenters. The fraction of sp³-hybridized carbons (Fsp3) is 0.200. The van der Waals surface area contributed by atoms with Gasteiger partial charge >= 0.3 is 5.63 Å². The van der Waals surface area contributed by atoms with Crippen LogP contribution in [0.25, 0.3) is 16.8 Å². The Kier molecular flexibility index (Phi) is 2.52. The summed E-state index contributed by atoms with van der Waals surface area (Å²) in [4.78, 5) is 11.6. The van der Waals surface area contributed by atoms with E-state index in [4.69, 9.17) is 4.42 Å². The van der Waals surface area contributed by atoms with Crippen LogP contribution in [0.3, 0.4) is 0 Å². The first-order valence-corrected chi connectivity index (χ1v) is 6.14. The monoisotopic (exact) mass is 254 g/mol. The third kappa shape index (κ3) is 1.76. The van der Waals surface area contributed by atoms with Gasteiger partial charge in [0.15, 0.2) is 0 Å². The smallest absolute Gasteiger partial charge is 0.337 e. The molecule has 0 fully saturated rings. The average molecular weight is 254 g/mol. The summed E-state index contributed by atoms with van der Waals surface area (Å²) in [5.74, 6) is 0. The van der Waals surface area contributed by atoms with Gasteiger partial charge < -0.3 is 4.42 Å². The number of fused-ring (bicyclic) bond motifs is 1. The second-order valence-electron chi connectivity index (χ2n) is 4.71. The van der Waals surface area contributed by atoms with E-state index in [1.165, 1.54) is 6.07 Å². The van der Waals surface area contributed by atoms with Gasteiger partial charge in [0.05, 0.1) is 16.8 Å². The number of nitrogens with zero attached hydrogens (tertiary/aromatic N) is 2. The first-order chi connectivity index (χ1) is 9.08. The van der Waals surface area contributed by atoms with Crippen molar-refractivity contribution in [2.75, 3.05) is 0 Å². The summed E-state index contributed by atoms with van der Waals surface area (Å²) in [7, 11) is 0. The molecule has 0 spiro atoms. The van der Waals surface area contributed by atoms with Crippen molar-refractivity contribution in [2.45, 2.75) is 20.8 Å². The van der Waals surface area contributed by atoms with Crippen LogP contribution in [0.4, 0.5) is 0 Å². The van der Waals surface area contributed by atoms with Gasteiger partial charge in [-0.2, -0.15) is 9.78 Å². The number of hydrogen-bond donors (Lipinski definition) is 0. The van der Waals surface area contributed by atoms with Crippen molar-refractivity contribution in [3.8, 4) is 5.69 Å². The number of benzene rings is 1. The maximum absolute atomic E-state index is 11.6. The Balaban J connectivity index is 2.44. The lowest BCUT2D eigenvalue weighted by Gasteiger charge is -2.05. The van der Waals surface area contributed by atoms with Crippen LogP contribution in [0.5, 0.6) is 0 Å². The van der Waals surface area contributed by atoms with E-state index in [9.17, 15) is 4.79 Å². The highest BCUT2D eigenvalue weighted by Crippen LogP contribution is 2.24. The Bertz CT molecular complexity index is 828. The molecule has 4 nitrogen and oxygen atoms in total. The molecule has 19 heavy (non-hydrogen) atoms. The largest absolute Gasteiger partial charge is 0.403 e. The van der Waals surface area contributed by atoms with Gasteiger partial charge in [0.25, 0.3) is 0 Å². The minimum absolute atomic E-state index is 0.347. The summed E-state index contributed by atoms with van der Waals surface area (Å²) in [6.07, 6.45) is 0. The maximum Gasteiger partial charge on any atom is 0.337 e. The van der Waals surface area contributed by atoms with Crippen LogP contribution in [-0.4, -0.2) is 9.78 Å². The van der Waals surface area contributed by atoms with E-state index in [0.29, 0.717) is 5.71 Å². The van der Waals surface area contributed by atoms with Gasteiger partial charge in [-0.15, -0.1) is 0 Å². The van der Waals surface area contributed by atoms with Crippen molar-refractivity contribution >= 4 is 11.1 Å². The molecule has 0 radical (unpaired) electrons. The van der Waals surface area contributed by atoms with E-state index < -0.39 is 0 Å². The van der Waals surface area contributed by atoms with Crippen LogP contribution in [0, 0.1) is 20.8 Å². The molecule has 1 aromatic carbocycles. The first-order valence-electron chi connectivity index (χ1n) is 6.14. The van der Waals surface area contributed by atoms with Gasteiger partial charge in [0.1, 0.15) is 0 Å². The molecule has 3 rings (SSSR count). The van der Waals surface area contributed by atoms with Crippen LogP contribution in [0.15, 0.2) is 39.5 Å². The molecule has 0 aliphatic carbocycles. The number of rotatable bonds is 1. The molecule has 3 aromatic rings. The van der Waals surface area contributed by atoms with Gasteiger partial charge in [-0.3, -0.25) is 0 Å². The Hall–Kier alpha value is -2.36. The van der Waals surface area contributed by atoms with Crippen molar-refractivity contribution in [3.63, 3.8) is 0 Å². The Labute approximate surface area is 110 Å². The average Bonchev–Trinajstić information content (AvgIpc) is 2.67. The molecule has 0 saturated carbocycles. The molecule has 2 aromatic heterocycles. The molecule has 4 heteroatoms. The molecule has 96 valence electrons. The van der Waals surface area contributed by atoms with Crippen molar-refractivity contribution < 1.29 is 4.42 Å². The minimum atomic E-state index is -0.347. The van der Waals surface area contributed by atoms with E-state index >= 15 is 0 Å². The molecule has 0 amide bonds. The summed E-state index contributed by atoms with van der Waals surface area (Å²) in [6, 6.07) is 9.38. The van der Waals surface area contributed by atoms with E-state index in [0.717, 1.165) is 27.9 Å². The van der Waals surface area contributed by atoms with Crippen LogP contribution < -0.4 is 5.63 Å². The van der Waals surface area contributed by atoms with Crippen molar-refractivity contribution in [3.05, 3.63) is 57.6 Å². The van der Waals surface area contributed by atoms with E-state index in [2.05, 4.69) is 5.10 Å². The quantitative estimate of drug-likeness (QED) is 0.671. The highest BCUT2D eigenvalue weighted by atomic mass is 16.4. The lowest BCUT2D eigenvalue weighted by Crippen LogP contribution is -2.02. The van der Waals surface area contributed by atoms with Crippen LogP contribution in [0.2, 0.25) is 0 Å². The third-order valence-electron chi connectivity index (χ3n) is 3.29. The van der Waals surface area contributed by atoms with E-state index in [1.54, 1.807) is 4.68 Å². The lowest BCUT2D eigenvalue weighted by atomic mass is 10.2. The van der Waals surface area contributed by atoms with Gasteiger partial charge in [0, 0.05) is 6.07 Å². The molecule has 0 bridgehead atoms. The number of hydrogen-bond acceptors (Lipinski definition) is 3. The summed E-state index contributed by atoms with van der Waals surface area (Å²) >= 11 is 0. The topological polar surface area (TPSA) is 48.0 Å². The Morgan fingerprint density at radius 3 is 2.58 bits per heavy atom. The molecular weight excluding hydrogens is 240 g/mol. The Morgan fingerprint density at radius 2 is 1.84 bits per heavy atom. The van der Waals surface area contributed by atoms with Crippen molar-refractivity contribution in [1.82, 2.24) is 9.78 Å². The number of aromatic nitrogens is 2. The summed E-state index contributed by atoms with van der Waals surface area (Å²) in [5.41, 5.74) is 3.92. The van der Waals surface area contributed by atoms with Gasteiger partial charge in [-0.1, -0.05) is 18.2 Å². The summed E-state index contributed by atoms with van der Waals surface area (Å²) < 4.78 is 7.05. The van der Waals surface area contributed by atoms with Crippen LogP contribution in [0.1, 0.15) is 16.8 Å². The fourth-order valence-corrected chi connectivity index (χ4v) is 2.39. The van der Waals surface area contributed by atoms with Crippen LogP contribution in [-0.2, 0) is 0 Å². The minimum Gasteiger partial charge on any atom is -0.403 e. The molecule has 0 N–H and O–H groups in total. The second kappa shape index (κ2) is 4.09. The number of para-hydroxylation sites is 1. The molecule has 2 heterocycles. The SMILES string of the molecule is Cc1ccccc1-n1nc(C)c2c(C)cc(=O)oc21. The predicted octanol–water partition coefficient (Wildman–Crippen LogP) is 2.90. The van der Waals surface area contributed by atoms with Gasteiger partial charge in [-0.25, -0.2) is 4.79 Å². The zero-order valence-corrected chi connectivity index (χ0v) is 11.1. The first kappa shape index (κ1) is 11.7. The van der Waals surface area contributed by atoms with Gasteiger partial charge in [-0.05, 0) is 38.0 Å². The van der Waals surface area contributed by atoms with Crippen molar-refractivity contribution in [1.29, 1.82) is 0 Å². The summed E-state index contributed by atoms with van der Waals surface area (Å²) in [5, 5.41) is 5.41. The summed E-state index contributed by atoms with van der Waals surface area (Å²) in [6.45, 7) is 5.83. The molecule has 0 atom stereocenters. The van der Waals surface area contributed by atoms with Gasteiger partial charge in [0.2, 0.25) is 5.71 Å². The predicted molar refractivity (Wildman–Crippen MR) is 73.8 cm³/mol. The standard InChI is InChI=1S/C15H14N2O2/c1-9-6-4-5-7-12(9)17-15-14(11(3)16-17)10(2)8-13(18)19-15/h4-8H,1-3H3. The van der Waals surface area contributed by atoms with Crippen LogP contribution >= 0.6 is 0 Å². The number of aryl methyl sites for hydroxylation is 3. The second-order valence-corrected chi connectivity index (χ2v) is 4.71. The lowest BCUT2D eigenvalue weighted by molar-refractivity contribution is 0.534. The molecule has 0 aliphatic rings. The highest BCUT2D eigenvalue weighted by Gasteiger charge is 2.15. The fourth-order valence-electron chi connectivity index (χ4n) is 2.39. The molecule has 0 aliphatic heterocycles. The molecule has 0 saturated heterocycles. The van der Waals surface area contributed by atoms with E-state index in [-0.39, 0.29) is 5.63 Å². The zero-order chi connectivity index (χ0) is 13.6. The molecular formula is C15H14N2O2. The normalized spacial score (nSPS) is 11.1. The van der Waals surface area contributed by atoms with E-state index in [1.807, 2.05) is 45.0 Å². The maximum atomic E-state index is 11.6. The zero-order valence-electron chi connectivity index (χ0n) is 11.1. The van der Waals surface area contributed by atoms with Crippen molar-refractivity contribution in [2.24, 2.45) is 0 Å².